The van der Waals surface area contributed by atoms with Crippen molar-refractivity contribution in [1.82, 2.24) is 15.0 Å². The fourth-order valence-corrected chi connectivity index (χ4v) is 3.91. The molecular weight excluding hydrogens is 395 g/mol. The second-order valence-electron chi connectivity index (χ2n) is 6.93. The van der Waals surface area contributed by atoms with Gasteiger partial charge in [-0.15, -0.1) is 5.10 Å². The molecule has 0 saturated heterocycles. The Morgan fingerprint density at radius 3 is 2.93 bits per heavy atom. The molecule has 0 spiro atoms. The summed E-state index contributed by atoms with van der Waals surface area (Å²) in [6, 6.07) is 4.31. The molecule has 0 fully saturated rings. The molecule has 3 rings (SSSR count). The number of aromatic nitrogens is 3. The number of thioether (sulfide) groups is 1. The maximum absolute atomic E-state index is 13.1. The number of hydrogen-bond acceptors (Lipinski definition) is 8. The van der Waals surface area contributed by atoms with E-state index in [1.807, 2.05) is 6.26 Å². The number of carbonyl (C=O) groups excluding carboxylic acids is 1. The highest BCUT2D eigenvalue weighted by atomic mass is 32.2. The number of rotatable bonds is 9. The van der Waals surface area contributed by atoms with Gasteiger partial charge in [-0.05, 0) is 36.5 Å². The van der Waals surface area contributed by atoms with Gasteiger partial charge in [0.05, 0.1) is 17.5 Å². The maximum Gasteiger partial charge on any atom is 0.526 e. The molecule has 11 heteroatoms. The average Bonchev–Trinajstić information content (AvgIpc) is 3.17. The highest BCUT2D eigenvalue weighted by molar-refractivity contribution is 7.98. The standard InChI is InChI=1S/C18H23BN4O5S/c1-29-6-5-15(23-10-13(9-20)21-22-23)16(24)8-12-7-11-3-2-4-14(18(25)26)17(11)28-19(12)27/h2-4,10,12,15,27H,5-9,20H2,1H3,(H,25,26)/t12-,15+/m1/s1. The van der Waals surface area contributed by atoms with Crippen LogP contribution in [0.4, 0.5) is 0 Å². The number of benzene rings is 1. The third kappa shape index (κ3) is 4.80. The number of nitrogens with two attached hydrogens (primary N) is 1. The third-order valence-electron chi connectivity index (χ3n) is 4.97. The van der Waals surface area contributed by atoms with Crippen LogP contribution in [0, 0.1) is 0 Å². The Balaban J connectivity index is 1.77. The molecule has 1 aromatic heterocycles. The lowest BCUT2D eigenvalue weighted by molar-refractivity contribution is -0.122. The summed E-state index contributed by atoms with van der Waals surface area (Å²) in [5.74, 6) is -0.754. The van der Waals surface area contributed by atoms with Crippen LogP contribution in [0.15, 0.2) is 24.4 Å². The van der Waals surface area contributed by atoms with Gasteiger partial charge < -0.3 is 20.5 Å². The Morgan fingerprint density at radius 1 is 1.48 bits per heavy atom. The van der Waals surface area contributed by atoms with Crippen molar-refractivity contribution in [2.45, 2.75) is 37.7 Å². The Hall–Kier alpha value is -2.37. The molecule has 2 heterocycles. The van der Waals surface area contributed by atoms with Crippen molar-refractivity contribution in [3.63, 3.8) is 0 Å². The van der Waals surface area contributed by atoms with Crippen LogP contribution in [-0.2, 0) is 17.8 Å². The van der Waals surface area contributed by atoms with E-state index in [0.29, 0.717) is 24.1 Å². The summed E-state index contributed by atoms with van der Waals surface area (Å²) in [7, 11) is -1.26. The van der Waals surface area contributed by atoms with E-state index in [1.54, 1.807) is 30.1 Å². The molecule has 4 N–H and O–H groups in total. The predicted octanol–water partition coefficient (Wildman–Crippen LogP) is 1.17. The van der Waals surface area contributed by atoms with Gasteiger partial charge >= 0.3 is 13.1 Å². The molecule has 29 heavy (non-hydrogen) atoms. The van der Waals surface area contributed by atoms with Crippen molar-refractivity contribution in [2.24, 2.45) is 5.73 Å². The predicted molar refractivity (Wildman–Crippen MR) is 109 cm³/mol. The zero-order valence-electron chi connectivity index (χ0n) is 16.0. The minimum atomic E-state index is -1.26. The topological polar surface area (TPSA) is 141 Å². The van der Waals surface area contributed by atoms with Gasteiger partial charge in [0.15, 0.2) is 5.78 Å². The Bertz CT molecular complexity index is 893. The van der Waals surface area contributed by atoms with Crippen LogP contribution in [-0.4, -0.2) is 56.0 Å². The molecule has 1 aromatic carbocycles. The minimum absolute atomic E-state index is 0.00102. The summed E-state index contributed by atoms with van der Waals surface area (Å²) < 4.78 is 7.03. The Morgan fingerprint density at radius 2 is 2.28 bits per heavy atom. The molecule has 0 radical (unpaired) electrons. The number of ketones is 1. The molecule has 1 aliphatic heterocycles. The Kier molecular flexibility index (Phi) is 6.94. The first kappa shape index (κ1) is 21.3. The van der Waals surface area contributed by atoms with Gasteiger partial charge in [0.2, 0.25) is 0 Å². The van der Waals surface area contributed by atoms with E-state index in [1.165, 1.54) is 10.7 Å². The van der Waals surface area contributed by atoms with Crippen LogP contribution in [0.3, 0.4) is 0 Å². The lowest BCUT2D eigenvalue weighted by atomic mass is 9.64. The van der Waals surface area contributed by atoms with Crippen molar-refractivity contribution in [2.75, 3.05) is 12.0 Å². The molecule has 0 bridgehead atoms. The number of aromatic carboxylic acids is 1. The summed E-state index contributed by atoms with van der Waals surface area (Å²) in [4.78, 5) is 24.4. The molecule has 2 atom stereocenters. The average molecular weight is 418 g/mol. The van der Waals surface area contributed by atoms with E-state index in [0.717, 1.165) is 5.75 Å². The van der Waals surface area contributed by atoms with E-state index < -0.39 is 24.9 Å². The second kappa shape index (κ2) is 9.42. The fraction of sp³-hybridized carbons (Fsp3) is 0.444. The number of carboxylic acid groups (broad SMARTS) is 1. The number of nitrogens with zero attached hydrogens (tertiary/aromatic N) is 3. The van der Waals surface area contributed by atoms with Gasteiger partial charge in [-0.1, -0.05) is 17.3 Å². The lowest BCUT2D eigenvalue weighted by Gasteiger charge is -2.28. The van der Waals surface area contributed by atoms with Crippen molar-refractivity contribution in [1.29, 1.82) is 0 Å². The number of para-hydroxylation sites is 1. The monoisotopic (exact) mass is 418 g/mol. The van der Waals surface area contributed by atoms with E-state index in [2.05, 4.69) is 10.3 Å². The first-order valence-electron chi connectivity index (χ1n) is 9.27. The van der Waals surface area contributed by atoms with Gasteiger partial charge in [-0.25, -0.2) is 9.48 Å². The number of carbonyl (C=O) groups is 2. The molecule has 9 nitrogen and oxygen atoms in total. The largest absolute Gasteiger partial charge is 0.535 e. The quantitative estimate of drug-likeness (QED) is 0.512. The molecule has 2 aromatic rings. The van der Waals surface area contributed by atoms with E-state index in [9.17, 15) is 19.7 Å². The van der Waals surface area contributed by atoms with Crippen LogP contribution < -0.4 is 10.4 Å². The SMILES string of the molecule is CSCC[C@@H](C(=O)C[C@H]1Cc2cccc(C(=O)O)c2OB1O)n1cc(CN)nn1. The van der Waals surface area contributed by atoms with Gasteiger partial charge in [-0.3, -0.25) is 4.79 Å². The highest BCUT2D eigenvalue weighted by Crippen LogP contribution is 2.37. The Labute approximate surface area is 172 Å². The van der Waals surface area contributed by atoms with Gasteiger partial charge in [0.1, 0.15) is 11.8 Å². The molecule has 0 amide bonds. The van der Waals surface area contributed by atoms with Crippen LogP contribution in [0.25, 0.3) is 0 Å². The fourth-order valence-electron chi connectivity index (χ4n) is 3.45. The van der Waals surface area contributed by atoms with Crippen molar-refractivity contribution in [3.05, 3.63) is 41.2 Å². The molecule has 1 aliphatic rings. The lowest BCUT2D eigenvalue weighted by Crippen LogP contribution is -2.37. The summed E-state index contributed by atoms with van der Waals surface area (Å²) >= 11 is 1.63. The van der Waals surface area contributed by atoms with E-state index in [-0.39, 0.29) is 30.1 Å². The van der Waals surface area contributed by atoms with Crippen molar-refractivity contribution >= 4 is 30.6 Å². The van der Waals surface area contributed by atoms with Gasteiger partial charge in [0, 0.05) is 18.8 Å². The first-order chi connectivity index (χ1) is 13.9. The summed E-state index contributed by atoms with van der Waals surface area (Å²) in [5.41, 5.74) is 6.86. The minimum Gasteiger partial charge on any atom is -0.535 e. The molecule has 0 unspecified atom stereocenters. The second-order valence-corrected chi connectivity index (χ2v) is 7.92. The third-order valence-corrected chi connectivity index (χ3v) is 5.61. The molecular formula is C18H23BN4O5S. The maximum atomic E-state index is 13.1. The summed E-state index contributed by atoms with van der Waals surface area (Å²) in [5, 5.41) is 27.7. The summed E-state index contributed by atoms with van der Waals surface area (Å²) in [6.45, 7) is 0.237. The number of hydrogen-bond donors (Lipinski definition) is 3. The highest BCUT2D eigenvalue weighted by Gasteiger charge is 2.39. The molecule has 154 valence electrons. The number of Topliss-reactive ketones (excluding diaryl/α,β-unsaturated/α-hetero) is 1. The zero-order chi connectivity index (χ0) is 21.0. The zero-order valence-corrected chi connectivity index (χ0v) is 16.8. The van der Waals surface area contributed by atoms with Crippen LogP contribution in [0.5, 0.6) is 5.75 Å². The molecule has 0 aliphatic carbocycles. The number of fused-ring (bicyclic) bond motifs is 1. The van der Waals surface area contributed by atoms with Gasteiger partial charge in [0.25, 0.3) is 0 Å². The first-order valence-corrected chi connectivity index (χ1v) is 10.7. The van der Waals surface area contributed by atoms with Crippen LogP contribution in [0.1, 0.15) is 40.5 Å². The van der Waals surface area contributed by atoms with E-state index in [4.69, 9.17) is 10.4 Å². The summed E-state index contributed by atoms with van der Waals surface area (Å²) in [6.07, 6.45) is 4.64. The van der Waals surface area contributed by atoms with E-state index >= 15 is 0 Å². The van der Waals surface area contributed by atoms with Gasteiger partial charge in [-0.2, -0.15) is 11.8 Å². The van der Waals surface area contributed by atoms with Crippen LogP contribution in [0.2, 0.25) is 5.82 Å². The number of carboxylic acids is 1. The smallest absolute Gasteiger partial charge is 0.526 e. The van der Waals surface area contributed by atoms with Crippen molar-refractivity contribution in [3.8, 4) is 5.75 Å². The van der Waals surface area contributed by atoms with Crippen LogP contribution >= 0.6 is 11.8 Å². The molecule has 0 saturated carbocycles. The van der Waals surface area contributed by atoms with Crippen molar-refractivity contribution < 1.29 is 24.4 Å². The normalized spacial score (nSPS) is 16.8.